The molecule has 1 aliphatic carbocycles. The first kappa shape index (κ1) is 15.5. The van der Waals surface area contributed by atoms with E-state index >= 15 is 0 Å². The minimum absolute atomic E-state index is 0.141. The molecule has 25 heavy (non-hydrogen) atoms. The van der Waals surface area contributed by atoms with Crippen molar-refractivity contribution in [1.29, 1.82) is 0 Å². The van der Waals surface area contributed by atoms with Gasteiger partial charge in [-0.15, -0.1) is 0 Å². The lowest BCUT2D eigenvalue weighted by Crippen LogP contribution is -2.20. The molecule has 1 atom stereocenters. The van der Waals surface area contributed by atoms with Crippen LogP contribution >= 0.6 is 0 Å². The van der Waals surface area contributed by atoms with E-state index in [1.165, 1.54) is 0 Å². The SMILES string of the molecule is Cc1cc(N[C@@H]2CCCc3nc(-c4ccccc4)ncc32)nc(N)n1. The molecule has 6 heteroatoms. The number of anilines is 2. The van der Waals surface area contributed by atoms with Crippen LogP contribution in [0.5, 0.6) is 0 Å². The van der Waals surface area contributed by atoms with Gasteiger partial charge in [-0.2, -0.15) is 4.98 Å². The van der Waals surface area contributed by atoms with Crippen molar-refractivity contribution < 1.29 is 0 Å². The second-order valence-corrected chi connectivity index (χ2v) is 6.30. The summed E-state index contributed by atoms with van der Waals surface area (Å²) in [7, 11) is 0. The number of nitrogens with zero attached hydrogens (tertiary/aromatic N) is 4. The van der Waals surface area contributed by atoms with Crippen LogP contribution in [0, 0.1) is 6.92 Å². The maximum absolute atomic E-state index is 5.76. The summed E-state index contributed by atoms with van der Waals surface area (Å²) in [5, 5.41) is 3.47. The number of nitrogen functional groups attached to an aromatic ring is 1. The average molecular weight is 332 g/mol. The zero-order chi connectivity index (χ0) is 17.2. The Bertz CT molecular complexity index is 873. The van der Waals surface area contributed by atoms with Gasteiger partial charge in [0, 0.05) is 34.8 Å². The van der Waals surface area contributed by atoms with Crippen molar-refractivity contribution in [3.63, 3.8) is 0 Å². The van der Waals surface area contributed by atoms with E-state index in [0.29, 0.717) is 0 Å². The van der Waals surface area contributed by atoms with Crippen LogP contribution in [0.2, 0.25) is 0 Å². The third kappa shape index (κ3) is 3.28. The summed E-state index contributed by atoms with van der Waals surface area (Å²) >= 11 is 0. The predicted molar refractivity (Wildman–Crippen MR) is 98.0 cm³/mol. The fraction of sp³-hybridized carbons (Fsp3) is 0.263. The maximum Gasteiger partial charge on any atom is 0.222 e. The number of rotatable bonds is 3. The molecule has 0 amide bonds. The molecule has 0 saturated carbocycles. The van der Waals surface area contributed by atoms with Crippen LogP contribution in [-0.4, -0.2) is 19.9 Å². The average Bonchev–Trinajstić information content (AvgIpc) is 2.61. The number of aromatic nitrogens is 4. The molecule has 0 fully saturated rings. The van der Waals surface area contributed by atoms with Crippen LogP contribution in [0.1, 0.15) is 35.8 Å². The number of hydrogen-bond donors (Lipinski definition) is 2. The molecule has 0 saturated heterocycles. The molecule has 3 aromatic rings. The molecule has 1 aliphatic rings. The Morgan fingerprint density at radius 2 is 1.96 bits per heavy atom. The number of hydrogen-bond acceptors (Lipinski definition) is 6. The molecule has 2 heterocycles. The Kier molecular flexibility index (Phi) is 4.01. The van der Waals surface area contributed by atoms with Crippen LogP contribution in [0.3, 0.4) is 0 Å². The fourth-order valence-electron chi connectivity index (χ4n) is 3.27. The van der Waals surface area contributed by atoms with Crippen molar-refractivity contribution >= 4 is 11.8 Å². The molecule has 126 valence electrons. The first-order valence-corrected chi connectivity index (χ1v) is 8.48. The van der Waals surface area contributed by atoms with Gasteiger partial charge in [0.25, 0.3) is 0 Å². The Hall–Kier alpha value is -3.02. The highest BCUT2D eigenvalue weighted by atomic mass is 15.1. The zero-order valence-electron chi connectivity index (χ0n) is 14.1. The van der Waals surface area contributed by atoms with Crippen LogP contribution in [-0.2, 0) is 6.42 Å². The number of aryl methyl sites for hydroxylation is 2. The third-order valence-corrected chi connectivity index (χ3v) is 4.41. The van der Waals surface area contributed by atoms with Gasteiger partial charge >= 0.3 is 0 Å². The predicted octanol–water partition coefficient (Wildman–Crippen LogP) is 3.31. The van der Waals surface area contributed by atoms with Crippen LogP contribution < -0.4 is 11.1 Å². The monoisotopic (exact) mass is 332 g/mol. The van der Waals surface area contributed by atoms with Crippen molar-refractivity contribution in [3.05, 3.63) is 59.5 Å². The van der Waals surface area contributed by atoms with E-state index in [-0.39, 0.29) is 12.0 Å². The van der Waals surface area contributed by atoms with Gasteiger partial charge in [0.2, 0.25) is 5.95 Å². The van der Waals surface area contributed by atoms with E-state index in [4.69, 9.17) is 10.7 Å². The lowest BCUT2D eigenvalue weighted by atomic mass is 9.92. The molecule has 0 unspecified atom stereocenters. The Labute approximate surface area is 146 Å². The van der Waals surface area contributed by atoms with Gasteiger partial charge in [0.1, 0.15) is 5.82 Å². The van der Waals surface area contributed by atoms with Crippen molar-refractivity contribution in [2.24, 2.45) is 0 Å². The van der Waals surface area contributed by atoms with Gasteiger partial charge in [-0.3, -0.25) is 0 Å². The third-order valence-electron chi connectivity index (χ3n) is 4.41. The zero-order valence-corrected chi connectivity index (χ0v) is 14.1. The molecule has 0 spiro atoms. The molecule has 0 aliphatic heterocycles. The topological polar surface area (TPSA) is 89.6 Å². The summed E-state index contributed by atoms with van der Waals surface area (Å²) in [6.07, 6.45) is 5.01. The molecule has 0 radical (unpaired) electrons. The van der Waals surface area contributed by atoms with Gasteiger partial charge in [-0.05, 0) is 26.2 Å². The van der Waals surface area contributed by atoms with E-state index in [2.05, 4.69) is 20.3 Å². The second kappa shape index (κ2) is 6.47. The number of nitrogens with two attached hydrogens (primary N) is 1. The number of fused-ring (bicyclic) bond motifs is 1. The first-order valence-electron chi connectivity index (χ1n) is 8.48. The largest absolute Gasteiger partial charge is 0.368 e. The first-order chi connectivity index (χ1) is 12.2. The molecule has 1 aromatic carbocycles. The standard InChI is InChI=1S/C19H20N6/c1-12-10-17(25-19(20)22-12)23-15-8-5-9-16-14(15)11-21-18(24-16)13-6-3-2-4-7-13/h2-4,6-7,10-11,15H,5,8-9H2,1H3,(H3,20,22,23,25)/t15-/m1/s1. The Morgan fingerprint density at radius 1 is 1.12 bits per heavy atom. The molecule has 3 N–H and O–H groups in total. The maximum atomic E-state index is 5.76. The number of nitrogens with one attached hydrogen (secondary N) is 1. The van der Waals surface area contributed by atoms with Crippen molar-refractivity contribution in [1.82, 2.24) is 19.9 Å². The Balaban J connectivity index is 1.64. The van der Waals surface area contributed by atoms with Crippen molar-refractivity contribution in [3.8, 4) is 11.4 Å². The van der Waals surface area contributed by atoms with Crippen LogP contribution in [0.25, 0.3) is 11.4 Å². The minimum atomic E-state index is 0.141. The van der Waals surface area contributed by atoms with Crippen LogP contribution in [0.4, 0.5) is 11.8 Å². The molecule has 0 bridgehead atoms. The summed E-state index contributed by atoms with van der Waals surface area (Å²) in [5.74, 6) is 1.81. The van der Waals surface area contributed by atoms with Gasteiger partial charge in [0.05, 0.1) is 6.04 Å². The fourth-order valence-corrected chi connectivity index (χ4v) is 3.27. The van der Waals surface area contributed by atoms with E-state index in [1.54, 1.807) is 0 Å². The molecule has 6 nitrogen and oxygen atoms in total. The molecule has 2 aromatic heterocycles. The lowest BCUT2D eigenvalue weighted by molar-refractivity contribution is 0.583. The van der Waals surface area contributed by atoms with E-state index in [0.717, 1.165) is 53.4 Å². The van der Waals surface area contributed by atoms with E-state index in [9.17, 15) is 0 Å². The van der Waals surface area contributed by atoms with E-state index < -0.39 is 0 Å². The lowest BCUT2D eigenvalue weighted by Gasteiger charge is -2.26. The van der Waals surface area contributed by atoms with E-state index in [1.807, 2.05) is 49.5 Å². The summed E-state index contributed by atoms with van der Waals surface area (Å²) in [6.45, 7) is 1.91. The normalized spacial score (nSPS) is 16.3. The minimum Gasteiger partial charge on any atom is -0.368 e. The molecular formula is C19H20N6. The van der Waals surface area contributed by atoms with Crippen LogP contribution in [0.15, 0.2) is 42.6 Å². The second-order valence-electron chi connectivity index (χ2n) is 6.30. The summed E-state index contributed by atoms with van der Waals surface area (Å²) in [6, 6.07) is 12.1. The highest BCUT2D eigenvalue weighted by molar-refractivity contribution is 5.55. The summed E-state index contributed by atoms with van der Waals surface area (Å²) in [5.41, 5.74) is 9.89. The van der Waals surface area contributed by atoms with Crippen molar-refractivity contribution in [2.45, 2.75) is 32.2 Å². The quantitative estimate of drug-likeness (QED) is 0.765. The summed E-state index contributed by atoms with van der Waals surface area (Å²) in [4.78, 5) is 17.8. The molecule has 4 rings (SSSR count). The van der Waals surface area contributed by atoms with Gasteiger partial charge in [-0.25, -0.2) is 15.0 Å². The highest BCUT2D eigenvalue weighted by Gasteiger charge is 2.23. The number of benzene rings is 1. The van der Waals surface area contributed by atoms with Gasteiger partial charge in [0.15, 0.2) is 5.82 Å². The summed E-state index contributed by atoms with van der Waals surface area (Å²) < 4.78 is 0. The van der Waals surface area contributed by atoms with Gasteiger partial charge < -0.3 is 11.1 Å². The smallest absolute Gasteiger partial charge is 0.222 e. The van der Waals surface area contributed by atoms with Gasteiger partial charge in [-0.1, -0.05) is 30.3 Å². The van der Waals surface area contributed by atoms with Crippen molar-refractivity contribution in [2.75, 3.05) is 11.1 Å². The molecular weight excluding hydrogens is 312 g/mol. The highest BCUT2D eigenvalue weighted by Crippen LogP contribution is 2.32. The Morgan fingerprint density at radius 3 is 2.76 bits per heavy atom.